The maximum atomic E-state index is 6.24. The van der Waals surface area contributed by atoms with Gasteiger partial charge in [-0.3, -0.25) is 4.40 Å². The van der Waals surface area contributed by atoms with E-state index in [1.54, 1.807) is 0 Å². The summed E-state index contributed by atoms with van der Waals surface area (Å²) in [5, 5.41) is 1.03. The van der Waals surface area contributed by atoms with Crippen LogP contribution in [-0.2, 0) is 0 Å². The highest BCUT2D eigenvalue weighted by molar-refractivity contribution is 5.98. The molecule has 0 spiro atoms. The van der Waals surface area contributed by atoms with E-state index in [-0.39, 0.29) is 0 Å². The van der Waals surface area contributed by atoms with Gasteiger partial charge < -0.3 is 4.74 Å². The van der Waals surface area contributed by atoms with Gasteiger partial charge in [-0.1, -0.05) is 54.6 Å². The first-order valence-electron chi connectivity index (χ1n) is 9.87. The Kier molecular flexibility index (Phi) is 3.74. The summed E-state index contributed by atoms with van der Waals surface area (Å²) in [7, 11) is 0. The van der Waals surface area contributed by atoms with Gasteiger partial charge in [0.25, 0.3) is 0 Å². The molecule has 0 amide bonds. The topological polar surface area (TPSA) is 39.4 Å². The van der Waals surface area contributed by atoms with Crippen molar-refractivity contribution in [2.24, 2.45) is 0 Å². The van der Waals surface area contributed by atoms with Gasteiger partial charge in [-0.25, -0.2) is 9.97 Å². The van der Waals surface area contributed by atoms with E-state index in [1.807, 2.05) is 91.0 Å². The second kappa shape index (κ2) is 6.71. The van der Waals surface area contributed by atoms with Crippen molar-refractivity contribution < 1.29 is 4.74 Å². The molecule has 30 heavy (non-hydrogen) atoms. The summed E-state index contributed by atoms with van der Waals surface area (Å²) in [5.41, 5.74) is 4.69. The maximum absolute atomic E-state index is 6.24. The van der Waals surface area contributed by atoms with E-state index in [1.165, 1.54) is 0 Å². The molecule has 142 valence electrons. The molecule has 0 aliphatic heterocycles. The van der Waals surface area contributed by atoms with Crippen molar-refractivity contribution in [1.82, 2.24) is 14.4 Å². The van der Waals surface area contributed by atoms with Crippen LogP contribution in [0, 0.1) is 0 Å². The molecule has 4 heteroatoms. The van der Waals surface area contributed by atoms with Crippen molar-refractivity contribution in [3.05, 3.63) is 103 Å². The van der Waals surface area contributed by atoms with Crippen LogP contribution in [0.5, 0.6) is 11.5 Å². The van der Waals surface area contributed by atoms with Gasteiger partial charge in [0.05, 0.1) is 22.1 Å². The minimum atomic E-state index is 0.755. The van der Waals surface area contributed by atoms with Crippen LogP contribution in [0.1, 0.15) is 0 Å². The average Bonchev–Trinajstić information content (AvgIpc) is 3.20. The van der Waals surface area contributed by atoms with Gasteiger partial charge in [0.2, 0.25) is 0 Å². The largest absolute Gasteiger partial charge is 0.457 e. The molecular formula is C26H17N3O. The molecule has 0 unspecified atom stereocenters. The predicted octanol–water partition coefficient (Wildman–Crippen LogP) is 6.50. The Labute approximate surface area is 173 Å². The monoisotopic (exact) mass is 387 g/mol. The van der Waals surface area contributed by atoms with Crippen LogP contribution in [-0.4, -0.2) is 14.4 Å². The minimum absolute atomic E-state index is 0.755. The Hall–Kier alpha value is -4.18. The number of hydrogen-bond acceptors (Lipinski definition) is 3. The van der Waals surface area contributed by atoms with E-state index >= 15 is 0 Å². The summed E-state index contributed by atoms with van der Waals surface area (Å²) in [6, 6.07) is 34.1. The van der Waals surface area contributed by atoms with E-state index in [0.29, 0.717) is 0 Å². The van der Waals surface area contributed by atoms with Crippen LogP contribution >= 0.6 is 0 Å². The van der Waals surface area contributed by atoms with Gasteiger partial charge in [-0.05, 0) is 48.5 Å². The highest BCUT2D eigenvalue weighted by Crippen LogP contribution is 2.35. The van der Waals surface area contributed by atoms with E-state index in [9.17, 15) is 0 Å². The van der Waals surface area contributed by atoms with Crippen LogP contribution in [0.25, 0.3) is 39.0 Å². The molecule has 0 aliphatic carbocycles. The highest BCUT2D eigenvalue weighted by Gasteiger charge is 2.17. The number of nitrogens with zero attached hydrogens (tertiary/aromatic N) is 3. The summed E-state index contributed by atoms with van der Waals surface area (Å²) >= 11 is 0. The van der Waals surface area contributed by atoms with Gasteiger partial charge in [0.1, 0.15) is 17.1 Å². The molecule has 0 radical (unpaired) electrons. The van der Waals surface area contributed by atoms with Gasteiger partial charge in [0.15, 0.2) is 5.82 Å². The number of imidazole rings is 1. The molecule has 0 bridgehead atoms. The summed E-state index contributed by atoms with van der Waals surface area (Å²) in [6.45, 7) is 0. The van der Waals surface area contributed by atoms with Gasteiger partial charge in [0, 0.05) is 5.39 Å². The van der Waals surface area contributed by atoms with Gasteiger partial charge >= 0.3 is 0 Å². The maximum Gasteiger partial charge on any atom is 0.150 e. The minimum Gasteiger partial charge on any atom is -0.457 e. The second-order valence-electron chi connectivity index (χ2n) is 7.12. The van der Waals surface area contributed by atoms with Crippen molar-refractivity contribution in [2.45, 2.75) is 0 Å². The van der Waals surface area contributed by atoms with Crippen LogP contribution in [0.4, 0.5) is 0 Å². The normalized spacial score (nSPS) is 11.3. The fraction of sp³-hybridized carbons (Fsp3) is 0. The number of para-hydroxylation sites is 5. The fourth-order valence-corrected chi connectivity index (χ4v) is 3.88. The molecule has 6 rings (SSSR count). The number of rotatable bonds is 3. The number of aromatic nitrogens is 3. The zero-order valence-corrected chi connectivity index (χ0v) is 16.1. The SMILES string of the molecule is c1ccc(Oc2ccccc2-c2nc3ccccc3c3nc4ccccc4n23)cc1. The molecule has 0 N–H and O–H groups in total. The zero-order chi connectivity index (χ0) is 19.9. The third-order valence-corrected chi connectivity index (χ3v) is 5.24. The van der Waals surface area contributed by atoms with E-state index in [4.69, 9.17) is 14.7 Å². The molecule has 0 saturated carbocycles. The predicted molar refractivity (Wildman–Crippen MR) is 120 cm³/mol. The van der Waals surface area contributed by atoms with Crippen molar-refractivity contribution in [2.75, 3.05) is 0 Å². The Bertz CT molecular complexity index is 1520. The molecule has 2 aromatic heterocycles. The number of benzene rings is 4. The summed E-state index contributed by atoms with van der Waals surface area (Å²) in [5.74, 6) is 2.35. The highest BCUT2D eigenvalue weighted by atomic mass is 16.5. The summed E-state index contributed by atoms with van der Waals surface area (Å²) < 4.78 is 8.37. The third kappa shape index (κ3) is 2.62. The summed E-state index contributed by atoms with van der Waals surface area (Å²) in [4.78, 5) is 9.97. The Balaban J connectivity index is 1.69. The molecule has 2 heterocycles. The lowest BCUT2D eigenvalue weighted by Gasteiger charge is -2.13. The molecule has 6 aromatic rings. The molecule has 0 aliphatic rings. The van der Waals surface area contributed by atoms with Crippen LogP contribution in [0.15, 0.2) is 103 Å². The van der Waals surface area contributed by atoms with E-state index in [2.05, 4.69) is 16.5 Å². The molecule has 4 nitrogen and oxygen atoms in total. The first-order chi connectivity index (χ1) is 14.9. The standard InChI is InChI=1S/C26H17N3O/c1-2-10-18(11-3-1)30-24-17-9-5-13-20(24)26-27-21-14-6-4-12-19(21)25-28-22-15-7-8-16-23(22)29(25)26/h1-17H. The number of fused-ring (bicyclic) bond motifs is 5. The lowest BCUT2D eigenvalue weighted by atomic mass is 10.1. The van der Waals surface area contributed by atoms with Gasteiger partial charge in [-0.2, -0.15) is 0 Å². The van der Waals surface area contributed by atoms with Crippen LogP contribution in [0.2, 0.25) is 0 Å². The Morgan fingerprint density at radius 1 is 0.600 bits per heavy atom. The third-order valence-electron chi connectivity index (χ3n) is 5.24. The lowest BCUT2D eigenvalue weighted by molar-refractivity contribution is 0.484. The first-order valence-corrected chi connectivity index (χ1v) is 9.87. The number of hydrogen-bond donors (Lipinski definition) is 0. The van der Waals surface area contributed by atoms with Crippen molar-refractivity contribution in [3.63, 3.8) is 0 Å². The first kappa shape index (κ1) is 16.7. The Morgan fingerprint density at radius 2 is 1.30 bits per heavy atom. The van der Waals surface area contributed by atoms with Crippen molar-refractivity contribution >= 4 is 27.6 Å². The van der Waals surface area contributed by atoms with E-state index < -0.39 is 0 Å². The van der Waals surface area contributed by atoms with Crippen LogP contribution < -0.4 is 4.74 Å². The molecule has 4 aromatic carbocycles. The van der Waals surface area contributed by atoms with E-state index in [0.717, 1.165) is 50.5 Å². The molecular weight excluding hydrogens is 370 g/mol. The Morgan fingerprint density at radius 3 is 2.20 bits per heavy atom. The molecule has 0 atom stereocenters. The summed E-state index contributed by atoms with van der Waals surface area (Å²) in [6.07, 6.45) is 0. The average molecular weight is 387 g/mol. The lowest BCUT2D eigenvalue weighted by Crippen LogP contribution is -1.99. The fourth-order valence-electron chi connectivity index (χ4n) is 3.88. The van der Waals surface area contributed by atoms with Gasteiger partial charge in [-0.15, -0.1) is 0 Å². The van der Waals surface area contributed by atoms with Crippen LogP contribution in [0.3, 0.4) is 0 Å². The molecule has 0 saturated heterocycles. The smallest absolute Gasteiger partial charge is 0.150 e. The molecule has 0 fully saturated rings. The second-order valence-corrected chi connectivity index (χ2v) is 7.12. The van der Waals surface area contributed by atoms with Crippen molar-refractivity contribution in [1.29, 1.82) is 0 Å². The number of ether oxygens (including phenoxy) is 1. The van der Waals surface area contributed by atoms with Crippen molar-refractivity contribution in [3.8, 4) is 22.9 Å². The zero-order valence-electron chi connectivity index (χ0n) is 16.1. The quantitative estimate of drug-likeness (QED) is 0.348.